The second-order valence-corrected chi connectivity index (χ2v) is 7.11. The van der Waals surface area contributed by atoms with Gasteiger partial charge in [0.25, 0.3) is 5.91 Å². The van der Waals surface area contributed by atoms with E-state index in [-0.39, 0.29) is 11.7 Å². The zero-order valence-electron chi connectivity index (χ0n) is 15.3. The molecule has 0 aliphatic carbocycles. The Labute approximate surface area is 157 Å². The smallest absolute Gasteiger partial charge is 0.263 e. The van der Waals surface area contributed by atoms with Gasteiger partial charge in [-0.2, -0.15) is 0 Å². The zero-order chi connectivity index (χ0) is 18.8. The lowest BCUT2D eigenvalue weighted by atomic mass is 10.0. The molecule has 7 heteroatoms. The summed E-state index contributed by atoms with van der Waals surface area (Å²) in [5, 5.41) is 3.34. The molecule has 0 unspecified atom stereocenters. The molecule has 0 saturated carbocycles. The Balaban J connectivity index is 1.40. The van der Waals surface area contributed by atoms with Gasteiger partial charge in [-0.15, -0.1) is 0 Å². The number of rotatable bonds is 4. The molecule has 1 amide bonds. The van der Waals surface area contributed by atoms with Gasteiger partial charge < -0.3 is 15.0 Å². The Kier molecular flexibility index (Phi) is 5.03. The van der Waals surface area contributed by atoms with Crippen molar-refractivity contribution in [3.8, 4) is 5.75 Å². The summed E-state index contributed by atoms with van der Waals surface area (Å²) in [6.07, 6.45) is 3.02. The highest BCUT2D eigenvalue weighted by molar-refractivity contribution is 5.81. The number of amides is 1. The van der Waals surface area contributed by atoms with Crippen LogP contribution in [0.2, 0.25) is 0 Å². The average molecular weight is 370 g/mol. The highest BCUT2D eigenvalue weighted by atomic mass is 19.1. The Morgan fingerprint density at radius 2 is 2.19 bits per heavy atom. The molecule has 1 aromatic carbocycles. The molecule has 2 atom stereocenters. The first kappa shape index (κ1) is 17.9. The van der Waals surface area contributed by atoms with Gasteiger partial charge in [-0.1, -0.05) is 0 Å². The average Bonchev–Trinajstić information content (AvgIpc) is 3.23. The molecule has 1 aromatic heterocycles. The van der Waals surface area contributed by atoms with Crippen LogP contribution in [-0.2, 0) is 17.8 Å². The van der Waals surface area contributed by atoms with E-state index in [2.05, 4.69) is 10.3 Å². The lowest BCUT2D eigenvalue weighted by molar-refractivity contribution is -0.138. The molecular formula is C20H23FN4O2. The molecule has 2 aromatic rings. The van der Waals surface area contributed by atoms with Gasteiger partial charge in [-0.25, -0.2) is 14.4 Å². The van der Waals surface area contributed by atoms with Gasteiger partial charge in [0.2, 0.25) is 0 Å². The van der Waals surface area contributed by atoms with E-state index in [1.807, 2.05) is 6.20 Å². The number of nitrogens with zero attached hydrogens (tertiary/aromatic N) is 3. The molecule has 1 saturated heterocycles. The molecule has 0 radical (unpaired) electrons. The third-order valence-electron chi connectivity index (χ3n) is 5.16. The molecule has 4 rings (SSSR count). The zero-order valence-corrected chi connectivity index (χ0v) is 15.3. The van der Waals surface area contributed by atoms with Gasteiger partial charge >= 0.3 is 0 Å². The van der Waals surface area contributed by atoms with Crippen LogP contribution in [0.25, 0.3) is 0 Å². The van der Waals surface area contributed by atoms with Crippen molar-refractivity contribution < 1.29 is 13.9 Å². The van der Waals surface area contributed by atoms with Crippen LogP contribution in [-0.4, -0.2) is 46.5 Å². The van der Waals surface area contributed by atoms with Gasteiger partial charge in [0.15, 0.2) is 6.10 Å². The molecule has 1 N–H and O–H groups in total. The number of carbonyl (C=O) groups excluding carboxylic acids is 1. The van der Waals surface area contributed by atoms with Crippen molar-refractivity contribution in [3.63, 3.8) is 0 Å². The third-order valence-corrected chi connectivity index (χ3v) is 5.16. The summed E-state index contributed by atoms with van der Waals surface area (Å²) in [5.74, 6) is 1.36. The second-order valence-electron chi connectivity index (χ2n) is 7.11. The predicted octanol–water partition coefficient (Wildman–Crippen LogP) is 2.04. The summed E-state index contributed by atoms with van der Waals surface area (Å²) in [6, 6.07) is 5.69. The molecule has 0 bridgehead atoms. The number of nitrogens with one attached hydrogen (secondary N) is 1. The fraction of sp³-hybridized carbons (Fsp3) is 0.450. The summed E-state index contributed by atoms with van der Waals surface area (Å²) >= 11 is 0. The largest absolute Gasteiger partial charge is 0.481 e. The van der Waals surface area contributed by atoms with E-state index < -0.39 is 6.10 Å². The van der Waals surface area contributed by atoms with Gasteiger partial charge in [0.05, 0.1) is 5.69 Å². The third kappa shape index (κ3) is 3.93. The van der Waals surface area contributed by atoms with E-state index in [0.717, 1.165) is 43.0 Å². The van der Waals surface area contributed by atoms with Crippen molar-refractivity contribution in [2.75, 3.05) is 19.6 Å². The van der Waals surface area contributed by atoms with Crippen LogP contribution in [0, 0.1) is 5.82 Å². The van der Waals surface area contributed by atoms with Crippen LogP contribution in [0.5, 0.6) is 5.75 Å². The maximum absolute atomic E-state index is 13.0. The minimum atomic E-state index is -0.637. The van der Waals surface area contributed by atoms with Crippen molar-refractivity contribution in [3.05, 3.63) is 53.4 Å². The highest BCUT2D eigenvalue weighted by Crippen LogP contribution is 2.23. The minimum Gasteiger partial charge on any atom is -0.481 e. The first-order valence-corrected chi connectivity index (χ1v) is 9.36. The van der Waals surface area contributed by atoms with E-state index in [1.165, 1.54) is 24.3 Å². The number of carbonyl (C=O) groups is 1. The van der Waals surface area contributed by atoms with Crippen LogP contribution in [0.4, 0.5) is 4.39 Å². The monoisotopic (exact) mass is 370 g/mol. The molecule has 1 fully saturated rings. The Morgan fingerprint density at radius 1 is 1.37 bits per heavy atom. The molecule has 27 heavy (non-hydrogen) atoms. The lowest BCUT2D eigenvalue weighted by Gasteiger charge is -2.30. The molecule has 2 aliphatic rings. The van der Waals surface area contributed by atoms with Crippen LogP contribution in [0.15, 0.2) is 30.5 Å². The van der Waals surface area contributed by atoms with Crippen molar-refractivity contribution >= 4 is 5.91 Å². The Morgan fingerprint density at radius 3 is 2.93 bits per heavy atom. The summed E-state index contributed by atoms with van der Waals surface area (Å²) in [6.45, 7) is 4.77. The van der Waals surface area contributed by atoms with Gasteiger partial charge in [0.1, 0.15) is 17.4 Å². The molecule has 2 aliphatic heterocycles. The van der Waals surface area contributed by atoms with Gasteiger partial charge in [-0.05, 0) is 44.2 Å². The highest BCUT2D eigenvalue weighted by Gasteiger charge is 2.28. The maximum Gasteiger partial charge on any atom is 0.263 e. The van der Waals surface area contributed by atoms with E-state index in [1.54, 1.807) is 11.8 Å². The fourth-order valence-electron chi connectivity index (χ4n) is 3.62. The van der Waals surface area contributed by atoms with Crippen LogP contribution in [0.1, 0.15) is 36.3 Å². The summed E-state index contributed by atoms with van der Waals surface area (Å²) < 4.78 is 18.7. The van der Waals surface area contributed by atoms with Gasteiger partial charge in [0, 0.05) is 43.7 Å². The Hall–Kier alpha value is -2.54. The van der Waals surface area contributed by atoms with Crippen LogP contribution < -0.4 is 10.1 Å². The van der Waals surface area contributed by atoms with Crippen molar-refractivity contribution in [1.29, 1.82) is 0 Å². The maximum atomic E-state index is 13.0. The SMILES string of the molecule is C[C@@H](Oc1ccc(F)cc1)C(=O)N1CCc2nc([C@@H]3CCNC3)ncc2C1. The molecule has 142 valence electrons. The number of aromatic nitrogens is 2. The quantitative estimate of drug-likeness (QED) is 0.892. The van der Waals surface area contributed by atoms with Crippen molar-refractivity contribution in [2.45, 2.75) is 38.3 Å². The van der Waals surface area contributed by atoms with Gasteiger partial charge in [-0.3, -0.25) is 4.79 Å². The topological polar surface area (TPSA) is 67.3 Å². The number of hydrogen-bond acceptors (Lipinski definition) is 5. The Bertz CT molecular complexity index is 821. The predicted molar refractivity (Wildman–Crippen MR) is 97.9 cm³/mol. The number of fused-ring (bicyclic) bond motifs is 1. The first-order chi connectivity index (χ1) is 13.1. The summed E-state index contributed by atoms with van der Waals surface area (Å²) in [4.78, 5) is 23.8. The van der Waals surface area contributed by atoms with E-state index in [9.17, 15) is 9.18 Å². The number of halogens is 1. The molecule has 6 nitrogen and oxygen atoms in total. The molecular weight excluding hydrogens is 347 g/mol. The second kappa shape index (κ2) is 7.60. The molecule has 0 spiro atoms. The van der Waals surface area contributed by atoms with Crippen LogP contribution >= 0.6 is 0 Å². The van der Waals surface area contributed by atoms with E-state index in [0.29, 0.717) is 24.8 Å². The number of ether oxygens (including phenoxy) is 1. The van der Waals surface area contributed by atoms with Crippen molar-refractivity contribution in [1.82, 2.24) is 20.2 Å². The number of hydrogen-bond donors (Lipinski definition) is 1. The van der Waals surface area contributed by atoms with E-state index >= 15 is 0 Å². The lowest BCUT2D eigenvalue weighted by Crippen LogP contribution is -2.43. The minimum absolute atomic E-state index is 0.0888. The molecule has 3 heterocycles. The van der Waals surface area contributed by atoms with Crippen molar-refractivity contribution in [2.24, 2.45) is 0 Å². The van der Waals surface area contributed by atoms with E-state index in [4.69, 9.17) is 9.72 Å². The standard InChI is InChI=1S/C20H23FN4O2/c1-13(27-17-4-2-16(21)3-5-17)20(26)25-9-7-18-15(12-25)11-23-19(24-18)14-6-8-22-10-14/h2-5,11,13-14,22H,6-10,12H2,1H3/t13-,14-/m1/s1. The van der Waals surface area contributed by atoms with Crippen LogP contribution in [0.3, 0.4) is 0 Å². The summed E-state index contributed by atoms with van der Waals surface area (Å²) in [7, 11) is 0. The first-order valence-electron chi connectivity index (χ1n) is 9.36. The normalized spacial score (nSPS) is 20.2. The summed E-state index contributed by atoms with van der Waals surface area (Å²) in [5.41, 5.74) is 2.04. The number of benzene rings is 1. The fourth-order valence-corrected chi connectivity index (χ4v) is 3.62.